The number of hydrogen-bond acceptors (Lipinski definition) is 4. The molecular weight excluding hydrogens is 371 g/mol. The van der Waals surface area contributed by atoms with Crippen molar-refractivity contribution in [1.29, 1.82) is 0 Å². The van der Waals surface area contributed by atoms with Gasteiger partial charge in [0, 0.05) is 26.2 Å². The SMILES string of the molecule is COc1ccc(C)cc1C(=O)N1CCN(S(=O)(=O)c2ccccc2F)CC1. The highest BCUT2D eigenvalue weighted by atomic mass is 32.2. The summed E-state index contributed by atoms with van der Waals surface area (Å²) < 4.78 is 45.7. The molecule has 0 saturated carbocycles. The predicted octanol–water partition coefficient (Wildman–Crippen LogP) is 2.29. The van der Waals surface area contributed by atoms with Crippen LogP contribution in [0.4, 0.5) is 4.39 Å². The minimum atomic E-state index is -3.93. The largest absolute Gasteiger partial charge is 0.496 e. The number of ether oxygens (including phenoxy) is 1. The van der Waals surface area contributed by atoms with E-state index in [0.29, 0.717) is 11.3 Å². The van der Waals surface area contributed by atoms with E-state index in [4.69, 9.17) is 4.74 Å². The first kappa shape index (κ1) is 19.3. The first-order chi connectivity index (χ1) is 12.8. The topological polar surface area (TPSA) is 66.9 Å². The van der Waals surface area contributed by atoms with Crippen molar-refractivity contribution in [3.05, 3.63) is 59.4 Å². The molecule has 0 aromatic heterocycles. The molecule has 1 heterocycles. The lowest BCUT2D eigenvalue weighted by molar-refractivity contribution is 0.0694. The number of carbonyl (C=O) groups is 1. The molecule has 6 nitrogen and oxygen atoms in total. The second-order valence-corrected chi connectivity index (χ2v) is 8.24. The zero-order valence-electron chi connectivity index (χ0n) is 15.2. The molecule has 0 bridgehead atoms. The fraction of sp³-hybridized carbons (Fsp3) is 0.316. The summed E-state index contributed by atoms with van der Waals surface area (Å²) in [5.74, 6) is -0.508. The first-order valence-electron chi connectivity index (χ1n) is 8.53. The monoisotopic (exact) mass is 392 g/mol. The number of nitrogens with zero attached hydrogens (tertiary/aromatic N) is 2. The number of benzene rings is 2. The number of hydrogen-bond donors (Lipinski definition) is 0. The molecule has 0 radical (unpaired) electrons. The quantitative estimate of drug-likeness (QED) is 0.801. The molecule has 27 heavy (non-hydrogen) atoms. The molecular formula is C19H21FN2O4S. The van der Waals surface area contributed by atoms with Crippen LogP contribution in [0.25, 0.3) is 0 Å². The zero-order chi connectivity index (χ0) is 19.6. The van der Waals surface area contributed by atoms with Crippen LogP contribution in [0.5, 0.6) is 5.75 Å². The lowest BCUT2D eigenvalue weighted by Gasteiger charge is -2.34. The van der Waals surface area contributed by atoms with Gasteiger partial charge in [-0.25, -0.2) is 12.8 Å². The summed E-state index contributed by atoms with van der Waals surface area (Å²) in [5, 5.41) is 0. The molecule has 0 spiro atoms. The number of aryl methyl sites for hydroxylation is 1. The van der Waals surface area contributed by atoms with Crippen LogP contribution in [0.3, 0.4) is 0 Å². The fourth-order valence-electron chi connectivity index (χ4n) is 3.08. The van der Waals surface area contributed by atoms with Crippen LogP contribution in [0.2, 0.25) is 0 Å². The van der Waals surface area contributed by atoms with Crippen molar-refractivity contribution in [3.63, 3.8) is 0 Å². The highest BCUT2D eigenvalue weighted by Crippen LogP contribution is 2.24. The molecule has 1 aliphatic rings. The minimum absolute atomic E-state index is 0.108. The van der Waals surface area contributed by atoms with Crippen molar-refractivity contribution < 1.29 is 22.3 Å². The molecule has 1 aliphatic heterocycles. The second kappa shape index (κ2) is 7.66. The third-order valence-corrected chi connectivity index (χ3v) is 6.50. The van der Waals surface area contributed by atoms with Crippen LogP contribution in [0.1, 0.15) is 15.9 Å². The van der Waals surface area contributed by atoms with Gasteiger partial charge in [-0.05, 0) is 31.2 Å². The van der Waals surface area contributed by atoms with Crippen molar-refractivity contribution >= 4 is 15.9 Å². The van der Waals surface area contributed by atoms with Gasteiger partial charge in [-0.1, -0.05) is 23.8 Å². The van der Waals surface area contributed by atoms with Crippen molar-refractivity contribution in [2.45, 2.75) is 11.8 Å². The van der Waals surface area contributed by atoms with Crippen molar-refractivity contribution in [2.24, 2.45) is 0 Å². The Kier molecular flexibility index (Phi) is 5.48. The Morgan fingerprint density at radius 2 is 1.74 bits per heavy atom. The standard InChI is InChI=1S/C19H21FN2O4S/c1-14-7-8-17(26-2)15(13-14)19(23)21-9-11-22(12-10-21)27(24,25)18-6-4-3-5-16(18)20/h3-8,13H,9-12H2,1-2H3. The minimum Gasteiger partial charge on any atom is -0.496 e. The Morgan fingerprint density at radius 1 is 1.07 bits per heavy atom. The van der Waals surface area contributed by atoms with Gasteiger partial charge in [-0.2, -0.15) is 4.31 Å². The Morgan fingerprint density at radius 3 is 2.37 bits per heavy atom. The summed E-state index contributed by atoms with van der Waals surface area (Å²) in [6.07, 6.45) is 0. The van der Waals surface area contributed by atoms with Crippen LogP contribution >= 0.6 is 0 Å². The number of piperazine rings is 1. The van der Waals surface area contributed by atoms with Crippen LogP contribution in [0.15, 0.2) is 47.4 Å². The van der Waals surface area contributed by atoms with E-state index < -0.39 is 15.8 Å². The van der Waals surface area contributed by atoms with Crippen LogP contribution in [-0.4, -0.2) is 56.8 Å². The molecule has 2 aromatic rings. The Bertz CT molecular complexity index is 954. The summed E-state index contributed by atoms with van der Waals surface area (Å²) in [4.78, 5) is 14.1. The van der Waals surface area contributed by atoms with Gasteiger partial charge in [-0.15, -0.1) is 0 Å². The number of methoxy groups -OCH3 is 1. The van der Waals surface area contributed by atoms with Gasteiger partial charge in [0.2, 0.25) is 10.0 Å². The molecule has 0 unspecified atom stereocenters. The maximum absolute atomic E-state index is 13.9. The third kappa shape index (κ3) is 3.81. The van der Waals surface area contributed by atoms with Gasteiger partial charge in [0.1, 0.15) is 16.5 Å². The number of halogens is 1. The Balaban J connectivity index is 1.75. The summed E-state index contributed by atoms with van der Waals surface area (Å²) in [6, 6.07) is 10.6. The maximum atomic E-state index is 13.9. The van der Waals surface area contributed by atoms with E-state index in [-0.39, 0.29) is 37.0 Å². The van der Waals surface area contributed by atoms with Crippen LogP contribution in [-0.2, 0) is 10.0 Å². The zero-order valence-corrected chi connectivity index (χ0v) is 16.0. The normalized spacial score (nSPS) is 15.6. The molecule has 8 heteroatoms. The van der Waals surface area contributed by atoms with Crippen LogP contribution in [0, 0.1) is 12.7 Å². The Labute approximate surface area is 158 Å². The molecule has 0 atom stereocenters. The van der Waals surface area contributed by atoms with E-state index in [1.165, 1.54) is 29.6 Å². The highest BCUT2D eigenvalue weighted by Gasteiger charge is 2.32. The summed E-state index contributed by atoms with van der Waals surface area (Å²) in [5.41, 5.74) is 1.38. The number of sulfonamides is 1. The van der Waals surface area contributed by atoms with E-state index in [9.17, 15) is 17.6 Å². The molecule has 0 N–H and O–H groups in total. The van der Waals surface area contributed by atoms with E-state index >= 15 is 0 Å². The molecule has 0 aliphatic carbocycles. The summed E-state index contributed by atoms with van der Waals surface area (Å²) in [7, 11) is -2.43. The third-order valence-electron chi connectivity index (χ3n) is 4.57. The van der Waals surface area contributed by atoms with Gasteiger partial charge in [-0.3, -0.25) is 4.79 Å². The first-order valence-corrected chi connectivity index (χ1v) is 9.97. The van der Waals surface area contributed by atoms with Gasteiger partial charge in [0.05, 0.1) is 12.7 Å². The van der Waals surface area contributed by atoms with E-state index in [1.54, 1.807) is 17.0 Å². The molecule has 144 valence electrons. The van der Waals surface area contributed by atoms with Crippen LogP contribution < -0.4 is 4.74 Å². The number of rotatable bonds is 4. The Hall–Kier alpha value is -2.45. The number of carbonyl (C=O) groups excluding carboxylic acids is 1. The lowest BCUT2D eigenvalue weighted by atomic mass is 10.1. The molecule has 3 rings (SSSR count). The van der Waals surface area contributed by atoms with Gasteiger partial charge >= 0.3 is 0 Å². The smallest absolute Gasteiger partial charge is 0.257 e. The average molecular weight is 392 g/mol. The summed E-state index contributed by atoms with van der Waals surface area (Å²) >= 11 is 0. The predicted molar refractivity (Wildman–Crippen MR) is 98.8 cm³/mol. The van der Waals surface area contributed by atoms with Gasteiger partial charge < -0.3 is 9.64 Å². The highest BCUT2D eigenvalue weighted by molar-refractivity contribution is 7.89. The van der Waals surface area contributed by atoms with Crippen molar-refractivity contribution in [1.82, 2.24) is 9.21 Å². The van der Waals surface area contributed by atoms with Gasteiger partial charge in [0.15, 0.2) is 0 Å². The maximum Gasteiger partial charge on any atom is 0.257 e. The average Bonchev–Trinajstić information content (AvgIpc) is 2.67. The van der Waals surface area contributed by atoms with E-state index in [0.717, 1.165) is 11.6 Å². The molecule has 2 aromatic carbocycles. The van der Waals surface area contributed by atoms with Crippen molar-refractivity contribution in [2.75, 3.05) is 33.3 Å². The molecule has 1 fully saturated rings. The second-order valence-electron chi connectivity index (χ2n) is 6.33. The molecule has 1 amide bonds. The molecule has 1 saturated heterocycles. The van der Waals surface area contributed by atoms with E-state index in [1.807, 2.05) is 13.0 Å². The lowest BCUT2D eigenvalue weighted by Crippen LogP contribution is -2.50. The number of amides is 1. The van der Waals surface area contributed by atoms with Gasteiger partial charge in [0.25, 0.3) is 5.91 Å². The summed E-state index contributed by atoms with van der Waals surface area (Å²) in [6.45, 7) is 2.55. The van der Waals surface area contributed by atoms with E-state index in [2.05, 4.69) is 0 Å². The fourth-order valence-corrected chi connectivity index (χ4v) is 4.57. The van der Waals surface area contributed by atoms with Crippen molar-refractivity contribution in [3.8, 4) is 5.75 Å².